The molecule has 4 heterocycles. The molecule has 3 N–H and O–H groups in total. The second-order valence-electron chi connectivity index (χ2n) is 13.5. The quantitative estimate of drug-likeness (QED) is 0.252. The summed E-state index contributed by atoms with van der Waals surface area (Å²) < 4.78 is 38.9. The third kappa shape index (κ3) is 5.97. The molecule has 0 unspecified atom stereocenters. The van der Waals surface area contributed by atoms with E-state index in [4.69, 9.17) is 9.72 Å². The van der Waals surface area contributed by atoms with Gasteiger partial charge in [0.15, 0.2) is 5.82 Å². The average Bonchev–Trinajstić information content (AvgIpc) is 3.55. The molecule has 0 spiro atoms. The highest BCUT2D eigenvalue weighted by atomic mass is 19.3. The van der Waals surface area contributed by atoms with Crippen LogP contribution in [0.4, 0.5) is 8.78 Å². The van der Waals surface area contributed by atoms with Gasteiger partial charge in [-0.3, -0.25) is 9.59 Å². The number of methoxy groups -OCH3 is 1. The van der Waals surface area contributed by atoms with E-state index in [1.165, 1.54) is 7.11 Å². The summed E-state index contributed by atoms with van der Waals surface area (Å²) in [7, 11) is 3.44. The molecule has 2 amide bonds. The fraction of sp³-hybridized carbons (Fsp3) is 0.514. The zero-order valence-corrected chi connectivity index (χ0v) is 27.3. The van der Waals surface area contributed by atoms with Gasteiger partial charge in [0.25, 0.3) is 11.8 Å². The van der Waals surface area contributed by atoms with Crippen molar-refractivity contribution in [1.29, 1.82) is 0 Å². The molecule has 2 aliphatic heterocycles. The zero-order chi connectivity index (χ0) is 32.8. The first kappa shape index (κ1) is 32.0. The van der Waals surface area contributed by atoms with Crippen molar-refractivity contribution in [1.82, 2.24) is 30.1 Å². The molecule has 2 bridgehead atoms. The number of imidazole rings is 1. The predicted molar refractivity (Wildman–Crippen MR) is 175 cm³/mol. The molecular formula is C35H44F2N6O3. The summed E-state index contributed by atoms with van der Waals surface area (Å²) in [6, 6.07) is 10.2. The van der Waals surface area contributed by atoms with Gasteiger partial charge in [0.2, 0.25) is 5.91 Å². The summed E-state index contributed by atoms with van der Waals surface area (Å²) in [5.74, 6) is -2.38. The van der Waals surface area contributed by atoms with E-state index in [0.717, 1.165) is 60.8 Å². The molecule has 2 atom stereocenters. The third-order valence-electron chi connectivity index (χ3n) is 9.77. The van der Waals surface area contributed by atoms with Gasteiger partial charge in [-0.25, -0.2) is 13.8 Å². The van der Waals surface area contributed by atoms with E-state index in [0.29, 0.717) is 22.6 Å². The predicted octanol–water partition coefficient (Wildman–Crippen LogP) is 6.10. The van der Waals surface area contributed by atoms with Crippen molar-refractivity contribution in [3.63, 3.8) is 0 Å². The van der Waals surface area contributed by atoms with Crippen molar-refractivity contribution >= 4 is 33.8 Å². The number of hydrogen-bond donors (Lipinski definition) is 3. The standard InChI is InChI=1S/C35H44F2N6O3/c1-21-22-10-11-23-18-27(43(26(23)17-22)15-9-7-6-8-12-34(2,3)33(45)39-21)31-40-25-16-24(19-28(46-5)30(25)42(31)4)32(44)41-29-20-38-14-13-35(29,36)37/h10-11,16-19,21,29,38H,6-9,12-15,20H2,1-5H3,(H,39,45)(H,41,44)/t21-,29+/m1/s1. The van der Waals surface area contributed by atoms with Gasteiger partial charge < -0.3 is 29.8 Å². The van der Waals surface area contributed by atoms with Crippen molar-refractivity contribution in [2.24, 2.45) is 12.5 Å². The molecule has 46 heavy (non-hydrogen) atoms. The van der Waals surface area contributed by atoms with Gasteiger partial charge in [0.05, 0.1) is 24.4 Å². The smallest absolute Gasteiger partial charge is 0.270 e. The van der Waals surface area contributed by atoms with E-state index in [2.05, 4.69) is 44.8 Å². The fourth-order valence-corrected chi connectivity index (χ4v) is 6.80. The molecule has 2 aromatic heterocycles. The van der Waals surface area contributed by atoms with Crippen LogP contribution in [0.1, 0.15) is 81.3 Å². The molecule has 246 valence electrons. The maximum atomic E-state index is 14.5. The summed E-state index contributed by atoms with van der Waals surface area (Å²) >= 11 is 0. The Morgan fingerprint density at radius 3 is 2.63 bits per heavy atom. The molecule has 0 saturated carbocycles. The number of aromatic nitrogens is 3. The van der Waals surface area contributed by atoms with Crippen molar-refractivity contribution in [2.45, 2.75) is 83.8 Å². The molecule has 2 aliphatic rings. The van der Waals surface area contributed by atoms with Gasteiger partial charge in [0.1, 0.15) is 17.3 Å². The van der Waals surface area contributed by atoms with Gasteiger partial charge in [-0.2, -0.15) is 0 Å². The Hall–Kier alpha value is -3.99. The number of hydrogen-bond acceptors (Lipinski definition) is 5. The zero-order valence-electron chi connectivity index (χ0n) is 27.3. The second kappa shape index (κ2) is 12.3. The first-order valence-electron chi connectivity index (χ1n) is 16.3. The SMILES string of the molecule is COc1cc(C(=O)N[C@H]2CNCCC2(F)F)cc2nc(-c3cc4ccc5cc4n3CCCCCCC(C)(C)C(=O)N[C@@H]5C)n(C)c12. The summed E-state index contributed by atoms with van der Waals surface area (Å²) in [5.41, 5.74) is 4.05. The Bertz CT molecular complexity index is 1790. The molecule has 1 saturated heterocycles. The molecule has 6 rings (SSSR count). The Kier molecular flexibility index (Phi) is 8.56. The van der Waals surface area contributed by atoms with Gasteiger partial charge in [-0.05, 0) is 49.6 Å². The van der Waals surface area contributed by atoms with Gasteiger partial charge in [-0.1, -0.05) is 45.2 Å². The highest BCUT2D eigenvalue weighted by Gasteiger charge is 2.42. The Morgan fingerprint density at radius 2 is 1.87 bits per heavy atom. The number of halogens is 2. The number of ether oxygens (including phenoxy) is 1. The largest absolute Gasteiger partial charge is 0.494 e. The van der Waals surface area contributed by atoms with Crippen LogP contribution in [0.5, 0.6) is 5.75 Å². The number of fused-ring (bicyclic) bond motifs is 2. The van der Waals surface area contributed by atoms with E-state index in [1.807, 2.05) is 32.4 Å². The number of carbonyl (C=O) groups is 2. The first-order chi connectivity index (χ1) is 21.9. The van der Waals surface area contributed by atoms with E-state index >= 15 is 0 Å². The number of carbonyl (C=O) groups excluding carboxylic acids is 2. The van der Waals surface area contributed by atoms with Crippen molar-refractivity contribution in [2.75, 3.05) is 20.2 Å². The molecule has 4 aromatic rings. The molecule has 9 nitrogen and oxygen atoms in total. The lowest BCUT2D eigenvalue weighted by Crippen LogP contribution is -2.57. The number of amides is 2. The summed E-state index contributed by atoms with van der Waals surface area (Å²) in [6.07, 6.45) is 4.56. The number of aryl methyl sites for hydroxylation is 2. The second-order valence-corrected chi connectivity index (χ2v) is 13.5. The van der Waals surface area contributed by atoms with Crippen molar-refractivity contribution in [3.05, 3.63) is 47.5 Å². The number of nitrogens with zero attached hydrogens (tertiary/aromatic N) is 3. The van der Waals surface area contributed by atoms with Crippen LogP contribution in [0.15, 0.2) is 36.4 Å². The van der Waals surface area contributed by atoms with E-state index in [9.17, 15) is 18.4 Å². The lowest BCUT2D eigenvalue weighted by molar-refractivity contribution is -0.130. The number of benzene rings is 2. The average molecular weight is 635 g/mol. The Balaban J connectivity index is 1.40. The molecular weight excluding hydrogens is 590 g/mol. The van der Waals surface area contributed by atoms with Crippen LogP contribution >= 0.6 is 0 Å². The summed E-state index contributed by atoms with van der Waals surface area (Å²) in [4.78, 5) is 31.4. The van der Waals surface area contributed by atoms with Gasteiger partial charge in [0, 0.05) is 55.0 Å². The topological polar surface area (TPSA) is 102 Å². The number of rotatable bonds is 4. The Labute approximate surface area is 268 Å². The minimum atomic E-state index is -2.99. The van der Waals surface area contributed by atoms with Crippen molar-refractivity contribution in [3.8, 4) is 17.3 Å². The van der Waals surface area contributed by atoms with E-state index < -0.39 is 23.3 Å². The number of piperidine rings is 1. The van der Waals surface area contributed by atoms with E-state index in [-0.39, 0.29) is 37.0 Å². The van der Waals surface area contributed by atoms with Crippen LogP contribution < -0.4 is 20.7 Å². The van der Waals surface area contributed by atoms with Crippen LogP contribution in [0, 0.1) is 5.41 Å². The lowest BCUT2D eigenvalue weighted by atomic mass is 9.85. The van der Waals surface area contributed by atoms with Crippen LogP contribution in [-0.2, 0) is 18.4 Å². The van der Waals surface area contributed by atoms with Crippen molar-refractivity contribution < 1.29 is 23.1 Å². The summed E-state index contributed by atoms with van der Waals surface area (Å²) in [5, 5.41) is 9.74. The highest BCUT2D eigenvalue weighted by Crippen LogP contribution is 2.36. The fourth-order valence-electron chi connectivity index (χ4n) is 6.80. The normalized spacial score (nSPS) is 22.0. The van der Waals surface area contributed by atoms with Gasteiger partial charge in [-0.15, -0.1) is 0 Å². The molecule has 1 fully saturated rings. The maximum Gasteiger partial charge on any atom is 0.270 e. The number of alkyl halides is 2. The van der Waals surface area contributed by atoms with Crippen LogP contribution in [0.3, 0.4) is 0 Å². The molecule has 11 heteroatoms. The minimum absolute atomic E-state index is 0.00124. The molecule has 0 aliphatic carbocycles. The van der Waals surface area contributed by atoms with Crippen LogP contribution in [-0.4, -0.2) is 58.1 Å². The van der Waals surface area contributed by atoms with Crippen LogP contribution in [0.25, 0.3) is 33.5 Å². The lowest BCUT2D eigenvalue weighted by Gasteiger charge is -2.32. The minimum Gasteiger partial charge on any atom is -0.494 e. The summed E-state index contributed by atoms with van der Waals surface area (Å²) in [6.45, 7) is 7.07. The maximum absolute atomic E-state index is 14.5. The monoisotopic (exact) mass is 634 g/mol. The van der Waals surface area contributed by atoms with Crippen LogP contribution in [0.2, 0.25) is 0 Å². The Morgan fingerprint density at radius 1 is 1.09 bits per heavy atom. The molecule has 0 radical (unpaired) electrons. The van der Waals surface area contributed by atoms with E-state index in [1.54, 1.807) is 12.1 Å². The third-order valence-corrected chi connectivity index (χ3v) is 9.77. The first-order valence-corrected chi connectivity index (χ1v) is 16.3. The number of nitrogens with one attached hydrogen (secondary N) is 3. The highest BCUT2D eigenvalue weighted by molar-refractivity contribution is 6.00. The van der Waals surface area contributed by atoms with Gasteiger partial charge >= 0.3 is 0 Å². The molecule has 2 aromatic carbocycles.